The summed E-state index contributed by atoms with van der Waals surface area (Å²) < 4.78 is 0. The van der Waals surface area contributed by atoms with Gasteiger partial charge in [-0.1, -0.05) is 239 Å². The van der Waals surface area contributed by atoms with E-state index in [9.17, 15) is 0 Å². The molecule has 0 amide bonds. The summed E-state index contributed by atoms with van der Waals surface area (Å²) in [7, 11) is 0. The number of hydrogen-bond acceptors (Lipinski definition) is 2. The molecular formula is C76H56N2. The molecule has 0 saturated carbocycles. The Morgan fingerprint density at radius 3 is 1.23 bits per heavy atom. The van der Waals surface area contributed by atoms with Crippen molar-refractivity contribution in [1.29, 1.82) is 0 Å². The SMILES string of the molecule is C=C/C=C1\C(=C/c2ccccc2)C2(c3cc(-c4ccccc4)ccc3N1c1ccc(-c3ccccc3)cc1)c1cc(-c3ccccc3)ccc1N(c1ccc3c(c1)C(C)(C)c1ccccc1-3)c1ccc(-c3ccccc3)cc12. The van der Waals surface area contributed by atoms with Crippen molar-refractivity contribution in [2.45, 2.75) is 24.7 Å². The Morgan fingerprint density at radius 2 is 0.731 bits per heavy atom. The van der Waals surface area contributed by atoms with Gasteiger partial charge in [0.25, 0.3) is 0 Å². The van der Waals surface area contributed by atoms with Crippen LogP contribution in [0.25, 0.3) is 61.7 Å². The van der Waals surface area contributed by atoms with E-state index in [1.54, 1.807) is 0 Å². The Morgan fingerprint density at radius 1 is 0.333 bits per heavy atom. The highest BCUT2D eigenvalue weighted by Gasteiger charge is 2.54. The van der Waals surface area contributed by atoms with E-state index in [-0.39, 0.29) is 5.41 Å². The predicted octanol–water partition coefficient (Wildman–Crippen LogP) is 20.1. The number of rotatable bonds is 8. The van der Waals surface area contributed by atoms with E-state index in [0.29, 0.717) is 0 Å². The van der Waals surface area contributed by atoms with Crippen molar-refractivity contribution in [3.05, 3.63) is 336 Å². The molecule has 11 aromatic carbocycles. The second-order valence-electron chi connectivity index (χ2n) is 21.3. The molecule has 11 aromatic rings. The van der Waals surface area contributed by atoms with E-state index in [0.717, 1.165) is 84.2 Å². The molecule has 0 aromatic heterocycles. The van der Waals surface area contributed by atoms with Gasteiger partial charge in [0.2, 0.25) is 0 Å². The molecule has 2 aliphatic heterocycles. The van der Waals surface area contributed by atoms with Gasteiger partial charge in [0.1, 0.15) is 0 Å². The van der Waals surface area contributed by atoms with Crippen LogP contribution in [0.5, 0.6) is 0 Å². The van der Waals surface area contributed by atoms with Gasteiger partial charge in [-0.15, -0.1) is 0 Å². The largest absolute Gasteiger partial charge is 0.310 e. The lowest BCUT2D eigenvalue weighted by molar-refractivity contribution is 0.660. The van der Waals surface area contributed by atoms with E-state index >= 15 is 0 Å². The number of nitrogens with zero attached hydrogens (tertiary/aromatic N) is 2. The summed E-state index contributed by atoms with van der Waals surface area (Å²) in [6.07, 6.45) is 6.67. The maximum atomic E-state index is 4.49. The van der Waals surface area contributed by atoms with Crippen LogP contribution in [-0.4, -0.2) is 0 Å². The Kier molecular flexibility index (Phi) is 11.3. The first-order chi connectivity index (χ1) is 38.4. The number of anilines is 5. The fourth-order valence-electron chi connectivity index (χ4n) is 13.0. The first-order valence-electron chi connectivity index (χ1n) is 27.1. The number of allylic oxidation sites excluding steroid dienone is 3. The summed E-state index contributed by atoms with van der Waals surface area (Å²) >= 11 is 0. The zero-order valence-corrected chi connectivity index (χ0v) is 43.8. The molecule has 1 aliphatic carbocycles. The molecule has 370 valence electrons. The van der Waals surface area contributed by atoms with Crippen LogP contribution in [0.2, 0.25) is 0 Å². The summed E-state index contributed by atoms with van der Waals surface area (Å²) in [6.45, 7) is 9.25. The standard InChI is InChI=1S/C76H56N2/c1-4-22-71-67(47-52-23-10-5-11-24-52)76(68-48-58(54-27-14-7-15-28-54)37-44-72(68)77(71)61-40-35-57(36-41-61)53-25-12-6-13-26-53)69-49-59(55-29-16-8-17-30-55)38-45-73(69)78(74-46-39-60(50-70(74)76)56-31-18-9-19-32-56)62-42-43-64-63-33-20-21-34-65(63)75(2,3)66(64)51-62/h4-51H,1H2,2-3H3/b67-47+,71-22+. The van der Waals surface area contributed by atoms with Crippen molar-refractivity contribution >= 4 is 34.5 Å². The van der Waals surface area contributed by atoms with Crippen molar-refractivity contribution in [2.75, 3.05) is 9.80 Å². The molecule has 14 rings (SSSR count). The van der Waals surface area contributed by atoms with Crippen LogP contribution < -0.4 is 9.80 Å². The van der Waals surface area contributed by atoms with E-state index in [2.05, 4.69) is 315 Å². The lowest BCUT2D eigenvalue weighted by Crippen LogP contribution is -2.45. The summed E-state index contributed by atoms with van der Waals surface area (Å²) in [5.41, 5.74) is 25.8. The third kappa shape index (κ3) is 7.47. The molecule has 2 heteroatoms. The van der Waals surface area contributed by atoms with Crippen LogP contribution in [0.4, 0.5) is 28.4 Å². The lowest BCUT2D eigenvalue weighted by Gasteiger charge is -2.53. The Bertz CT molecular complexity index is 4060. The number of hydrogen-bond donors (Lipinski definition) is 0. The van der Waals surface area contributed by atoms with Crippen molar-refractivity contribution in [2.24, 2.45) is 0 Å². The lowest BCUT2D eigenvalue weighted by atomic mass is 9.58. The molecule has 0 bridgehead atoms. The smallest absolute Gasteiger partial charge is 0.0783 e. The zero-order chi connectivity index (χ0) is 52.4. The minimum Gasteiger partial charge on any atom is -0.310 e. The van der Waals surface area contributed by atoms with Crippen molar-refractivity contribution in [1.82, 2.24) is 0 Å². The third-order valence-electron chi connectivity index (χ3n) is 16.6. The van der Waals surface area contributed by atoms with Gasteiger partial charge in [-0.3, -0.25) is 0 Å². The average molecular weight is 997 g/mol. The molecule has 0 radical (unpaired) electrons. The van der Waals surface area contributed by atoms with Gasteiger partial charge in [-0.05, 0) is 167 Å². The van der Waals surface area contributed by atoms with Crippen LogP contribution in [0.15, 0.2) is 303 Å². The molecule has 0 fully saturated rings. The van der Waals surface area contributed by atoms with Crippen LogP contribution in [0.1, 0.15) is 47.2 Å². The molecule has 2 heterocycles. The van der Waals surface area contributed by atoms with Gasteiger partial charge in [-0.2, -0.15) is 0 Å². The highest BCUT2D eigenvalue weighted by atomic mass is 15.2. The fourth-order valence-corrected chi connectivity index (χ4v) is 13.0. The molecule has 0 N–H and O–H groups in total. The topological polar surface area (TPSA) is 6.48 Å². The Balaban J connectivity index is 1.14. The highest BCUT2D eigenvalue weighted by Crippen LogP contribution is 2.66. The fraction of sp³-hybridized carbons (Fsp3) is 0.0526. The quantitative estimate of drug-likeness (QED) is 0.150. The summed E-state index contributed by atoms with van der Waals surface area (Å²) in [6, 6.07) is 101. The molecule has 78 heavy (non-hydrogen) atoms. The maximum Gasteiger partial charge on any atom is 0.0783 e. The normalized spacial score (nSPS) is 15.3. The molecule has 0 unspecified atom stereocenters. The molecule has 0 saturated heterocycles. The van der Waals surface area contributed by atoms with E-state index in [1.165, 1.54) is 44.5 Å². The van der Waals surface area contributed by atoms with Gasteiger partial charge >= 0.3 is 0 Å². The second kappa shape index (κ2) is 18.8. The average Bonchev–Trinajstić information content (AvgIpc) is 3.71. The highest BCUT2D eigenvalue weighted by molar-refractivity contribution is 5.99. The van der Waals surface area contributed by atoms with Crippen molar-refractivity contribution in [3.8, 4) is 55.6 Å². The minimum absolute atomic E-state index is 0.201. The van der Waals surface area contributed by atoms with Crippen LogP contribution in [0.3, 0.4) is 0 Å². The summed E-state index contributed by atoms with van der Waals surface area (Å²) in [5, 5.41) is 0. The van der Waals surface area contributed by atoms with Crippen molar-refractivity contribution < 1.29 is 0 Å². The van der Waals surface area contributed by atoms with Gasteiger partial charge < -0.3 is 9.80 Å². The summed E-state index contributed by atoms with van der Waals surface area (Å²) in [5.74, 6) is 0. The monoisotopic (exact) mass is 996 g/mol. The number of benzene rings is 11. The second-order valence-corrected chi connectivity index (χ2v) is 21.3. The Labute approximate surface area is 458 Å². The molecule has 3 aliphatic rings. The van der Waals surface area contributed by atoms with Gasteiger partial charge in [0, 0.05) is 16.8 Å². The predicted molar refractivity (Wildman–Crippen MR) is 328 cm³/mol. The van der Waals surface area contributed by atoms with Crippen LogP contribution in [-0.2, 0) is 10.8 Å². The van der Waals surface area contributed by atoms with E-state index in [4.69, 9.17) is 0 Å². The number of fused-ring (bicyclic) bond motifs is 9. The van der Waals surface area contributed by atoms with Crippen LogP contribution in [0, 0.1) is 0 Å². The molecular weight excluding hydrogens is 941 g/mol. The molecule has 1 spiro atoms. The third-order valence-corrected chi connectivity index (χ3v) is 16.6. The zero-order valence-electron chi connectivity index (χ0n) is 43.8. The minimum atomic E-state index is -0.936. The van der Waals surface area contributed by atoms with Crippen LogP contribution >= 0.6 is 0 Å². The summed E-state index contributed by atoms with van der Waals surface area (Å²) in [4.78, 5) is 5.04. The first-order valence-corrected chi connectivity index (χ1v) is 27.1. The maximum absolute atomic E-state index is 4.49. The van der Waals surface area contributed by atoms with Crippen molar-refractivity contribution in [3.63, 3.8) is 0 Å². The van der Waals surface area contributed by atoms with Gasteiger partial charge in [0.15, 0.2) is 0 Å². The first kappa shape index (κ1) is 46.7. The van der Waals surface area contributed by atoms with E-state index < -0.39 is 5.41 Å². The molecule has 2 nitrogen and oxygen atoms in total. The van der Waals surface area contributed by atoms with Gasteiger partial charge in [0.05, 0.1) is 28.2 Å². The van der Waals surface area contributed by atoms with E-state index in [1.807, 2.05) is 6.08 Å². The van der Waals surface area contributed by atoms with Gasteiger partial charge in [-0.25, -0.2) is 0 Å². The molecule has 0 atom stereocenters. The Hall–Kier alpha value is -9.76.